The number of unbranched alkanes of at least 4 members (excludes halogenated alkanes) is 24. The van der Waals surface area contributed by atoms with Crippen molar-refractivity contribution < 1.29 is 4.74 Å². The second-order valence-corrected chi connectivity index (χ2v) is 10.6. The van der Waals surface area contributed by atoms with Gasteiger partial charge in [-0.3, -0.25) is 0 Å². The van der Waals surface area contributed by atoms with Crippen LogP contribution in [0.25, 0.3) is 0 Å². The molecule has 2 nitrogen and oxygen atoms in total. The van der Waals surface area contributed by atoms with Crippen molar-refractivity contribution in [2.75, 3.05) is 6.54 Å². The lowest BCUT2D eigenvalue weighted by molar-refractivity contribution is -0.452. The van der Waals surface area contributed by atoms with E-state index in [1.54, 1.807) is 6.21 Å². The largest absolute Gasteiger partial charge is 0.624 e. The zero-order valence-corrected chi connectivity index (χ0v) is 23.7. The van der Waals surface area contributed by atoms with Crippen LogP contribution in [0.5, 0.6) is 0 Å². The fraction of sp³-hybridized carbons (Fsp3) is 0.906. The lowest BCUT2D eigenvalue weighted by atomic mass is 10.0. The van der Waals surface area contributed by atoms with Gasteiger partial charge in [0.2, 0.25) is 0 Å². The molecule has 2 heteroatoms. The van der Waals surface area contributed by atoms with E-state index in [0.29, 0.717) is 6.54 Å². The van der Waals surface area contributed by atoms with E-state index < -0.39 is 0 Å². The highest BCUT2D eigenvalue weighted by Gasteiger charge is 1.96. The zero-order chi connectivity index (χ0) is 24.8. The predicted molar refractivity (Wildman–Crippen MR) is 155 cm³/mol. The summed E-state index contributed by atoms with van der Waals surface area (Å²) in [6, 6.07) is 0. The predicted octanol–water partition coefficient (Wildman–Crippen LogP) is 11.3. The van der Waals surface area contributed by atoms with E-state index in [1.807, 2.05) is 6.08 Å². The summed E-state index contributed by atoms with van der Waals surface area (Å²) in [5.74, 6) is 0. The molecule has 0 amide bonds. The average molecular weight is 478 g/mol. The van der Waals surface area contributed by atoms with Gasteiger partial charge < -0.3 is 5.21 Å². The Labute approximate surface area is 215 Å². The minimum Gasteiger partial charge on any atom is -0.624 e. The van der Waals surface area contributed by atoms with E-state index in [9.17, 15) is 5.21 Å². The van der Waals surface area contributed by atoms with Crippen molar-refractivity contribution in [3.05, 3.63) is 17.4 Å². The Morgan fingerprint density at radius 1 is 0.441 bits per heavy atom. The molecule has 0 aliphatic carbocycles. The van der Waals surface area contributed by atoms with Crippen LogP contribution in [0.1, 0.15) is 181 Å². The molecule has 0 aromatic heterocycles. The molecule has 0 spiro atoms. The molecule has 0 atom stereocenters. The second-order valence-electron chi connectivity index (χ2n) is 10.6. The average Bonchev–Trinajstić information content (AvgIpc) is 2.84. The fourth-order valence-corrected chi connectivity index (χ4v) is 4.72. The highest BCUT2D eigenvalue weighted by molar-refractivity contribution is 5.66. The van der Waals surface area contributed by atoms with Crippen LogP contribution in [0.2, 0.25) is 0 Å². The van der Waals surface area contributed by atoms with Gasteiger partial charge in [0, 0.05) is 6.42 Å². The summed E-state index contributed by atoms with van der Waals surface area (Å²) in [4.78, 5) is 0. The molecule has 0 rings (SSSR count). The fourth-order valence-electron chi connectivity index (χ4n) is 4.72. The Bertz CT molecular complexity index is 429. The molecule has 0 aliphatic rings. The van der Waals surface area contributed by atoms with Gasteiger partial charge in [-0.25, -0.2) is 4.74 Å². The monoisotopic (exact) mass is 477 g/mol. The first-order valence-corrected chi connectivity index (χ1v) is 15.7. The molecule has 0 aliphatic heterocycles. The van der Waals surface area contributed by atoms with Crippen LogP contribution in [0.3, 0.4) is 0 Å². The zero-order valence-electron chi connectivity index (χ0n) is 23.7. The summed E-state index contributed by atoms with van der Waals surface area (Å²) in [6.07, 6.45) is 41.3. The van der Waals surface area contributed by atoms with E-state index in [0.717, 1.165) is 17.6 Å². The summed E-state index contributed by atoms with van der Waals surface area (Å²) in [7, 11) is 0. The van der Waals surface area contributed by atoms with Gasteiger partial charge >= 0.3 is 0 Å². The highest BCUT2D eigenvalue weighted by Crippen LogP contribution is 2.13. The van der Waals surface area contributed by atoms with Crippen molar-refractivity contribution in [3.63, 3.8) is 0 Å². The Kier molecular flexibility index (Phi) is 29.5. The van der Waals surface area contributed by atoms with Gasteiger partial charge in [0.05, 0.1) is 0 Å². The molecule has 0 aromatic rings. The molecule has 0 aromatic carbocycles. The van der Waals surface area contributed by atoms with Gasteiger partial charge in [-0.05, 0) is 25.3 Å². The Hall–Kier alpha value is -0.790. The third-order valence-electron chi connectivity index (χ3n) is 7.09. The van der Waals surface area contributed by atoms with Gasteiger partial charge in [0.25, 0.3) is 0 Å². The Balaban J connectivity index is 3.29. The van der Waals surface area contributed by atoms with Gasteiger partial charge in [-0.1, -0.05) is 161 Å². The van der Waals surface area contributed by atoms with Gasteiger partial charge in [-0.15, -0.1) is 0 Å². The third kappa shape index (κ3) is 29.2. The molecule has 0 radical (unpaired) electrons. The maximum absolute atomic E-state index is 11.9. The Morgan fingerprint density at radius 3 is 1.15 bits per heavy atom. The topological polar surface area (TPSA) is 26.1 Å². The van der Waals surface area contributed by atoms with Gasteiger partial charge in [-0.2, -0.15) is 0 Å². The molecule has 0 N–H and O–H groups in total. The van der Waals surface area contributed by atoms with Gasteiger partial charge in [0.15, 0.2) is 12.8 Å². The number of hydrogen-bond donors (Lipinski definition) is 0. The highest BCUT2D eigenvalue weighted by atomic mass is 16.5. The van der Waals surface area contributed by atoms with Crippen molar-refractivity contribution in [3.8, 4) is 0 Å². The van der Waals surface area contributed by atoms with E-state index in [1.165, 1.54) is 154 Å². The van der Waals surface area contributed by atoms with Crippen LogP contribution in [0.4, 0.5) is 0 Å². The van der Waals surface area contributed by atoms with Crippen molar-refractivity contribution >= 4 is 6.21 Å². The van der Waals surface area contributed by atoms with Crippen molar-refractivity contribution in [2.24, 2.45) is 0 Å². The molecule has 0 unspecified atom stereocenters. The number of hydrogen-bond acceptors (Lipinski definition) is 1. The molecule has 0 fully saturated rings. The van der Waals surface area contributed by atoms with Gasteiger partial charge in [0.1, 0.15) is 0 Å². The smallest absolute Gasteiger partial charge is 0.174 e. The van der Waals surface area contributed by atoms with Crippen LogP contribution in [-0.2, 0) is 0 Å². The number of rotatable bonds is 28. The molecule has 202 valence electrons. The molecule has 0 heterocycles. The van der Waals surface area contributed by atoms with Crippen molar-refractivity contribution in [1.29, 1.82) is 0 Å². The second kappa shape index (κ2) is 30.2. The summed E-state index contributed by atoms with van der Waals surface area (Å²) in [5, 5.41) is 11.9. The van der Waals surface area contributed by atoms with Crippen LogP contribution in [-0.4, -0.2) is 17.5 Å². The van der Waals surface area contributed by atoms with Crippen LogP contribution < -0.4 is 0 Å². The first-order valence-electron chi connectivity index (χ1n) is 15.7. The van der Waals surface area contributed by atoms with E-state index in [-0.39, 0.29) is 0 Å². The lowest BCUT2D eigenvalue weighted by Crippen LogP contribution is -2.05. The van der Waals surface area contributed by atoms with Crippen LogP contribution in [0.15, 0.2) is 12.2 Å². The summed E-state index contributed by atoms with van der Waals surface area (Å²) < 4.78 is 1.12. The summed E-state index contributed by atoms with van der Waals surface area (Å²) >= 11 is 0. The van der Waals surface area contributed by atoms with Crippen molar-refractivity contribution in [2.45, 2.75) is 181 Å². The third-order valence-corrected chi connectivity index (χ3v) is 7.09. The maximum atomic E-state index is 11.9. The van der Waals surface area contributed by atoms with Crippen molar-refractivity contribution in [1.82, 2.24) is 0 Å². The molecule has 0 bridgehead atoms. The molecule has 34 heavy (non-hydrogen) atoms. The summed E-state index contributed by atoms with van der Waals surface area (Å²) in [5.41, 5.74) is 0. The van der Waals surface area contributed by atoms with E-state index in [2.05, 4.69) is 19.9 Å². The number of nitrogens with zero attached hydrogens (tertiary/aromatic N) is 1. The Morgan fingerprint density at radius 2 is 0.765 bits per heavy atom. The SMILES string of the molecule is CCCCCCCCCCCCCC=CC=[N+]([O-])CCCCCCCCCCCCCCCC. The van der Waals surface area contributed by atoms with E-state index >= 15 is 0 Å². The number of hydroxylamine groups is 1. The molecule has 0 saturated heterocycles. The van der Waals surface area contributed by atoms with Crippen LogP contribution in [0, 0.1) is 5.21 Å². The first kappa shape index (κ1) is 33.2. The maximum Gasteiger partial charge on any atom is 0.174 e. The summed E-state index contributed by atoms with van der Waals surface area (Å²) in [6.45, 7) is 5.22. The first-order chi connectivity index (χ1) is 16.8. The standard InChI is InChI=1S/C32H63NO/c1-3-5-7-9-11-13-15-17-19-21-23-25-27-29-31-33(34)32-30-28-26-24-22-20-18-16-14-12-10-8-6-4-2/h27,29,31H,3-26,28,30,32H2,1-2H3. The number of allylic oxidation sites excluding steroid dienone is 2. The lowest BCUT2D eigenvalue weighted by Gasteiger charge is -2.04. The quantitative estimate of drug-likeness (QED) is 0.0361. The normalized spacial score (nSPS) is 12.2. The van der Waals surface area contributed by atoms with Crippen LogP contribution >= 0.6 is 0 Å². The minimum atomic E-state index is 0.654. The minimum absolute atomic E-state index is 0.654. The molecular weight excluding hydrogens is 414 g/mol. The molecular formula is C32H63NO. The van der Waals surface area contributed by atoms with E-state index in [4.69, 9.17) is 0 Å². The molecule has 0 saturated carbocycles.